The number of carbonyl (C=O) groups is 2. The van der Waals surface area contributed by atoms with Gasteiger partial charge in [0.25, 0.3) is 0 Å². The number of alkyl carbamates (subject to hydrolysis) is 1. The standard InChI is InChI=1S/C12H23N3O3/c1-12(2,3)18-11(17)14-9-4-6-15(7-5-9)10(16)8-13/h9H,4-8,13H2,1-3H3,(H,14,17). The molecule has 0 atom stereocenters. The van der Waals surface area contributed by atoms with Gasteiger partial charge in [0.15, 0.2) is 0 Å². The second-order valence-corrected chi connectivity index (χ2v) is 5.51. The van der Waals surface area contributed by atoms with Crippen molar-refractivity contribution in [2.45, 2.75) is 45.3 Å². The van der Waals surface area contributed by atoms with Crippen LogP contribution >= 0.6 is 0 Å². The lowest BCUT2D eigenvalue weighted by atomic mass is 10.1. The normalized spacial score (nSPS) is 17.4. The first kappa shape index (κ1) is 14.8. The van der Waals surface area contributed by atoms with Gasteiger partial charge in [0.2, 0.25) is 5.91 Å². The second kappa shape index (κ2) is 6.04. The number of likely N-dealkylation sites (tertiary alicyclic amines) is 1. The average Bonchev–Trinajstić information content (AvgIpc) is 2.26. The molecule has 0 aromatic heterocycles. The average molecular weight is 257 g/mol. The first-order chi connectivity index (χ1) is 8.31. The van der Waals surface area contributed by atoms with Crippen LogP contribution < -0.4 is 11.1 Å². The predicted octanol–water partition coefficient (Wildman–Crippen LogP) is 0.461. The molecule has 0 unspecified atom stereocenters. The maximum atomic E-state index is 11.6. The second-order valence-electron chi connectivity index (χ2n) is 5.51. The zero-order valence-corrected chi connectivity index (χ0v) is 11.4. The van der Waals surface area contributed by atoms with E-state index >= 15 is 0 Å². The fourth-order valence-electron chi connectivity index (χ4n) is 1.88. The maximum Gasteiger partial charge on any atom is 0.407 e. The summed E-state index contributed by atoms with van der Waals surface area (Å²) in [7, 11) is 0. The van der Waals surface area contributed by atoms with E-state index in [1.54, 1.807) is 4.90 Å². The molecular weight excluding hydrogens is 234 g/mol. The molecule has 1 heterocycles. The van der Waals surface area contributed by atoms with Gasteiger partial charge in [-0.05, 0) is 33.6 Å². The van der Waals surface area contributed by atoms with Gasteiger partial charge in [0, 0.05) is 19.1 Å². The van der Waals surface area contributed by atoms with Gasteiger partial charge in [-0.25, -0.2) is 4.79 Å². The Bertz CT molecular complexity index is 304. The molecule has 104 valence electrons. The Morgan fingerprint density at radius 3 is 2.33 bits per heavy atom. The highest BCUT2D eigenvalue weighted by atomic mass is 16.6. The molecular formula is C12H23N3O3. The summed E-state index contributed by atoms with van der Waals surface area (Å²) in [6, 6.07) is 0.0710. The number of amides is 2. The zero-order valence-electron chi connectivity index (χ0n) is 11.4. The highest BCUT2D eigenvalue weighted by Gasteiger charge is 2.24. The molecule has 0 saturated carbocycles. The largest absolute Gasteiger partial charge is 0.444 e. The zero-order chi connectivity index (χ0) is 13.8. The lowest BCUT2D eigenvalue weighted by molar-refractivity contribution is -0.130. The van der Waals surface area contributed by atoms with Crippen molar-refractivity contribution in [2.24, 2.45) is 5.73 Å². The van der Waals surface area contributed by atoms with Crippen molar-refractivity contribution in [1.29, 1.82) is 0 Å². The fourth-order valence-corrected chi connectivity index (χ4v) is 1.88. The number of hydrogen-bond acceptors (Lipinski definition) is 4. The van der Waals surface area contributed by atoms with E-state index in [1.165, 1.54) is 0 Å². The fraction of sp³-hybridized carbons (Fsp3) is 0.833. The van der Waals surface area contributed by atoms with Crippen molar-refractivity contribution in [1.82, 2.24) is 10.2 Å². The lowest BCUT2D eigenvalue weighted by Gasteiger charge is -2.32. The summed E-state index contributed by atoms with van der Waals surface area (Å²) in [5.74, 6) is -0.0364. The van der Waals surface area contributed by atoms with Crippen molar-refractivity contribution in [3.63, 3.8) is 0 Å². The van der Waals surface area contributed by atoms with Crippen molar-refractivity contribution >= 4 is 12.0 Å². The van der Waals surface area contributed by atoms with Crippen molar-refractivity contribution in [2.75, 3.05) is 19.6 Å². The summed E-state index contributed by atoms with van der Waals surface area (Å²) < 4.78 is 5.19. The highest BCUT2D eigenvalue weighted by molar-refractivity contribution is 5.78. The van der Waals surface area contributed by atoms with Crippen molar-refractivity contribution < 1.29 is 14.3 Å². The number of carbonyl (C=O) groups excluding carboxylic acids is 2. The van der Waals surface area contributed by atoms with E-state index in [0.29, 0.717) is 13.1 Å². The Kier molecular flexibility index (Phi) is 4.95. The number of ether oxygens (including phenoxy) is 1. The van der Waals surface area contributed by atoms with Crippen LogP contribution in [0.3, 0.4) is 0 Å². The summed E-state index contributed by atoms with van der Waals surface area (Å²) in [5.41, 5.74) is 4.82. The Hall–Kier alpha value is -1.30. The third-order valence-electron chi connectivity index (χ3n) is 2.74. The van der Waals surface area contributed by atoms with E-state index in [0.717, 1.165) is 12.8 Å². The Morgan fingerprint density at radius 1 is 1.33 bits per heavy atom. The third kappa shape index (κ3) is 4.91. The number of rotatable bonds is 2. The highest BCUT2D eigenvalue weighted by Crippen LogP contribution is 2.12. The molecule has 0 bridgehead atoms. The minimum atomic E-state index is -0.486. The van der Waals surface area contributed by atoms with Gasteiger partial charge >= 0.3 is 6.09 Å². The van der Waals surface area contributed by atoms with Crippen LogP contribution in [0.2, 0.25) is 0 Å². The van der Waals surface area contributed by atoms with Gasteiger partial charge in [-0.2, -0.15) is 0 Å². The van der Waals surface area contributed by atoms with Crippen LogP contribution in [0.1, 0.15) is 33.6 Å². The van der Waals surface area contributed by atoms with E-state index in [-0.39, 0.29) is 18.5 Å². The van der Waals surface area contributed by atoms with Crippen molar-refractivity contribution in [3.05, 3.63) is 0 Å². The summed E-state index contributed by atoms with van der Waals surface area (Å²) >= 11 is 0. The summed E-state index contributed by atoms with van der Waals surface area (Å²) in [5, 5.41) is 2.82. The monoisotopic (exact) mass is 257 g/mol. The minimum absolute atomic E-state index is 0.0364. The van der Waals surface area contributed by atoms with E-state index in [9.17, 15) is 9.59 Å². The molecule has 2 amide bonds. The predicted molar refractivity (Wildman–Crippen MR) is 68.0 cm³/mol. The molecule has 0 aromatic rings. The topological polar surface area (TPSA) is 84.7 Å². The smallest absolute Gasteiger partial charge is 0.407 e. The van der Waals surface area contributed by atoms with E-state index in [4.69, 9.17) is 10.5 Å². The van der Waals surface area contributed by atoms with Gasteiger partial charge in [-0.15, -0.1) is 0 Å². The number of nitrogens with one attached hydrogen (secondary N) is 1. The van der Waals surface area contributed by atoms with Crippen LogP contribution in [0.4, 0.5) is 4.79 Å². The van der Waals surface area contributed by atoms with E-state index in [1.807, 2.05) is 20.8 Å². The summed E-state index contributed by atoms with van der Waals surface area (Å²) in [4.78, 5) is 24.7. The van der Waals surface area contributed by atoms with Crippen LogP contribution in [-0.2, 0) is 9.53 Å². The van der Waals surface area contributed by atoms with E-state index in [2.05, 4.69) is 5.32 Å². The third-order valence-corrected chi connectivity index (χ3v) is 2.74. The molecule has 6 nitrogen and oxygen atoms in total. The van der Waals surface area contributed by atoms with Crippen LogP contribution in [-0.4, -0.2) is 48.2 Å². The molecule has 0 aliphatic carbocycles. The van der Waals surface area contributed by atoms with Gasteiger partial charge in [-0.1, -0.05) is 0 Å². The molecule has 6 heteroatoms. The quantitative estimate of drug-likeness (QED) is 0.752. The molecule has 1 aliphatic heterocycles. The van der Waals surface area contributed by atoms with Gasteiger partial charge in [0.1, 0.15) is 5.60 Å². The number of nitrogens with zero attached hydrogens (tertiary/aromatic N) is 1. The van der Waals surface area contributed by atoms with Gasteiger partial charge < -0.3 is 20.7 Å². The molecule has 1 fully saturated rings. The van der Waals surface area contributed by atoms with E-state index < -0.39 is 11.7 Å². The Balaban J connectivity index is 2.31. The van der Waals surface area contributed by atoms with Crippen LogP contribution in [0.15, 0.2) is 0 Å². The minimum Gasteiger partial charge on any atom is -0.444 e. The molecule has 0 aromatic carbocycles. The van der Waals surface area contributed by atoms with Crippen LogP contribution in [0, 0.1) is 0 Å². The molecule has 0 radical (unpaired) electrons. The van der Waals surface area contributed by atoms with Crippen LogP contribution in [0.5, 0.6) is 0 Å². The molecule has 1 saturated heterocycles. The molecule has 0 spiro atoms. The van der Waals surface area contributed by atoms with Gasteiger partial charge in [0.05, 0.1) is 6.54 Å². The first-order valence-electron chi connectivity index (χ1n) is 6.29. The number of piperidine rings is 1. The molecule has 1 rings (SSSR count). The molecule has 1 aliphatic rings. The number of nitrogens with two attached hydrogens (primary N) is 1. The SMILES string of the molecule is CC(C)(C)OC(=O)NC1CCN(C(=O)CN)CC1. The molecule has 3 N–H and O–H groups in total. The van der Waals surface area contributed by atoms with Gasteiger partial charge in [-0.3, -0.25) is 4.79 Å². The van der Waals surface area contributed by atoms with Crippen LogP contribution in [0.25, 0.3) is 0 Å². The Morgan fingerprint density at radius 2 is 1.89 bits per heavy atom. The maximum absolute atomic E-state index is 11.6. The lowest BCUT2D eigenvalue weighted by Crippen LogP contribution is -2.48. The summed E-state index contributed by atoms with van der Waals surface area (Å²) in [6.45, 7) is 6.80. The number of hydrogen-bond donors (Lipinski definition) is 2. The summed E-state index contributed by atoms with van der Waals surface area (Å²) in [6.07, 6.45) is 1.08. The Labute approximate surface area is 108 Å². The molecule has 18 heavy (non-hydrogen) atoms. The van der Waals surface area contributed by atoms with Crippen molar-refractivity contribution in [3.8, 4) is 0 Å². The first-order valence-corrected chi connectivity index (χ1v) is 6.29.